The predicted octanol–water partition coefficient (Wildman–Crippen LogP) is 1.59. The molecule has 0 aromatic heterocycles. The van der Waals surface area contributed by atoms with Gasteiger partial charge in [0.2, 0.25) is 5.91 Å². The van der Waals surface area contributed by atoms with Gasteiger partial charge in [-0.3, -0.25) is 4.79 Å². The Bertz CT molecular complexity index is 520. The van der Waals surface area contributed by atoms with Gasteiger partial charge in [-0.1, -0.05) is 0 Å². The van der Waals surface area contributed by atoms with Gasteiger partial charge >= 0.3 is 0 Å². The van der Waals surface area contributed by atoms with Crippen molar-refractivity contribution >= 4 is 5.91 Å². The van der Waals surface area contributed by atoms with E-state index in [1.54, 1.807) is 32.4 Å². The van der Waals surface area contributed by atoms with Crippen LogP contribution < -0.4 is 14.8 Å². The van der Waals surface area contributed by atoms with Crippen molar-refractivity contribution in [1.29, 1.82) is 0 Å². The average molecular weight is 336 g/mol. The molecule has 2 rings (SSSR count). The molecule has 1 aliphatic rings. The predicted molar refractivity (Wildman–Crippen MR) is 92.4 cm³/mol. The first-order valence-corrected chi connectivity index (χ1v) is 8.38. The first-order valence-electron chi connectivity index (χ1n) is 8.38. The molecule has 1 fully saturated rings. The fourth-order valence-corrected chi connectivity index (χ4v) is 2.95. The number of aliphatic hydroxyl groups is 1. The van der Waals surface area contributed by atoms with E-state index in [0.29, 0.717) is 29.4 Å². The van der Waals surface area contributed by atoms with Crippen molar-refractivity contribution in [1.82, 2.24) is 10.2 Å². The molecule has 0 spiro atoms. The second kappa shape index (κ2) is 8.89. The highest BCUT2D eigenvalue weighted by Crippen LogP contribution is 2.26. The Labute approximate surface area is 143 Å². The number of likely N-dealkylation sites (tertiary alicyclic amines) is 1. The van der Waals surface area contributed by atoms with Gasteiger partial charge in [-0.05, 0) is 56.6 Å². The number of ether oxygens (including phenoxy) is 2. The molecule has 134 valence electrons. The van der Waals surface area contributed by atoms with Gasteiger partial charge in [-0.2, -0.15) is 0 Å². The molecule has 0 aliphatic carbocycles. The van der Waals surface area contributed by atoms with Crippen molar-refractivity contribution < 1.29 is 19.4 Å². The molecule has 1 aromatic rings. The Hall–Kier alpha value is -1.79. The third kappa shape index (κ3) is 5.39. The molecule has 1 aliphatic heterocycles. The van der Waals surface area contributed by atoms with Crippen LogP contribution in [0.2, 0.25) is 0 Å². The van der Waals surface area contributed by atoms with Crippen LogP contribution >= 0.6 is 0 Å². The number of aliphatic hydroxyl groups excluding tert-OH is 1. The number of hydrogen-bond donors (Lipinski definition) is 2. The lowest BCUT2D eigenvalue weighted by molar-refractivity contribution is -0.122. The monoisotopic (exact) mass is 336 g/mol. The first-order chi connectivity index (χ1) is 11.5. The van der Waals surface area contributed by atoms with Gasteiger partial charge in [-0.25, -0.2) is 0 Å². The molecule has 24 heavy (non-hydrogen) atoms. The fourth-order valence-electron chi connectivity index (χ4n) is 2.95. The maximum atomic E-state index is 12.1. The molecule has 1 atom stereocenters. The van der Waals surface area contributed by atoms with Crippen LogP contribution in [0.1, 0.15) is 30.9 Å². The van der Waals surface area contributed by atoms with E-state index in [1.807, 2.05) is 0 Å². The van der Waals surface area contributed by atoms with Crippen molar-refractivity contribution in [2.75, 3.05) is 40.9 Å². The van der Waals surface area contributed by atoms with Crippen LogP contribution in [0.4, 0.5) is 0 Å². The number of benzene rings is 1. The summed E-state index contributed by atoms with van der Waals surface area (Å²) in [5.41, 5.74) is 0.658. The van der Waals surface area contributed by atoms with Crippen LogP contribution in [0.3, 0.4) is 0 Å². The standard InChI is InChI=1S/C18H28N2O4/c1-20-6-4-13(5-7-20)8-18(22)19-12-17(21)14-9-15(23-2)11-16(10-14)24-3/h9-11,13,17,21H,4-8,12H2,1-3H3,(H,19,22)/t17-/m1/s1. The lowest BCUT2D eigenvalue weighted by atomic mass is 9.93. The van der Waals surface area contributed by atoms with E-state index < -0.39 is 6.10 Å². The summed E-state index contributed by atoms with van der Waals surface area (Å²) >= 11 is 0. The smallest absolute Gasteiger partial charge is 0.220 e. The van der Waals surface area contributed by atoms with E-state index in [-0.39, 0.29) is 12.5 Å². The molecule has 6 heteroatoms. The number of amides is 1. The maximum absolute atomic E-state index is 12.1. The number of nitrogens with zero attached hydrogens (tertiary/aromatic N) is 1. The molecule has 1 aromatic carbocycles. The zero-order valence-corrected chi connectivity index (χ0v) is 14.7. The van der Waals surface area contributed by atoms with E-state index in [4.69, 9.17) is 9.47 Å². The quantitative estimate of drug-likeness (QED) is 0.791. The maximum Gasteiger partial charge on any atom is 0.220 e. The minimum Gasteiger partial charge on any atom is -0.497 e. The molecule has 0 radical (unpaired) electrons. The summed E-state index contributed by atoms with van der Waals surface area (Å²) in [6, 6.07) is 5.24. The number of carbonyl (C=O) groups is 1. The molecule has 1 amide bonds. The molecule has 6 nitrogen and oxygen atoms in total. The summed E-state index contributed by atoms with van der Waals surface area (Å²) < 4.78 is 10.4. The van der Waals surface area contributed by atoms with E-state index in [0.717, 1.165) is 25.9 Å². The second-order valence-corrected chi connectivity index (χ2v) is 6.42. The third-order valence-electron chi connectivity index (χ3n) is 4.56. The van der Waals surface area contributed by atoms with E-state index in [2.05, 4.69) is 17.3 Å². The van der Waals surface area contributed by atoms with Crippen molar-refractivity contribution in [3.05, 3.63) is 23.8 Å². The van der Waals surface area contributed by atoms with E-state index >= 15 is 0 Å². The van der Waals surface area contributed by atoms with Gasteiger partial charge < -0.3 is 24.8 Å². The molecule has 1 heterocycles. The van der Waals surface area contributed by atoms with Crippen molar-refractivity contribution in [2.24, 2.45) is 5.92 Å². The highest BCUT2D eigenvalue weighted by molar-refractivity contribution is 5.76. The minimum atomic E-state index is -0.796. The Morgan fingerprint density at radius 1 is 1.25 bits per heavy atom. The van der Waals surface area contributed by atoms with Crippen molar-refractivity contribution in [3.63, 3.8) is 0 Å². The topological polar surface area (TPSA) is 71.0 Å². The van der Waals surface area contributed by atoms with Crippen LogP contribution in [0.5, 0.6) is 11.5 Å². The number of carbonyl (C=O) groups excluding carboxylic acids is 1. The van der Waals surface area contributed by atoms with Crippen LogP contribution in [0.15, 0.2) is 18.2 Å². The van der Waals surface area contributed by atoms with Crippen molar-refractivity contribution in [2.45, 2.75) is 25.4 Å². The normalized spacial score (nSPS) is 17.3. The molecular formula is C18H28N2O4. The lowest BCUT2D eigenvalue weighted by Crippen LogP contribution is -2.34. The van der Waals surface area contributed by atoms with Gasteiger partial charge in [0.25, 0.3) is 0 Å². The van der Waals surface area contributed by atoms with Crippen molar-refractivity contribution in [3.8, 4) is 11.5 Å². The van der Waals surface area contributed by atoms with Crippen LogP contribution in [0.25, 0.3) is 0 Å². The summed E-state index contributed by atoms with van der Waals surface area (Å²) in [6.45, 7) is 2.27. The highest BCUT2D eigenvalue weighted by Gasteiger charge is 2.20. The summed E-state index contributed by atoms with van der Waals surface area (Å²) in [5, 5.41) is 13.1. The number of hydrogen-bond acceptors (Lipinski definition) is 5. The molecule has 0 bridgehead atoms. The van der Waals surface area contributed by atoms with E-state index in [1.165, 1.54) is 0 Å². The molecular weight excluding hydrogens is 308 g/mol. The lowest BCUT2D eigenvalue weighted by Gasteiger charge is -2.28. The van der Waals surface area contributed by atoms with Gasteiger partial charge in [-0.15, -0.1) is 0 Å². The van der Waals surface area contributed by atoms with Crippen LogP contribution in [-0.2, 0) is 4.79 Å². The zero-order valence-electron chi connectivity index (χ0n) is 14.7. The molecule has 1 saturated heterocycles. The Balaban J connectivity index is 1.83. The van der Waals surface area contributed by atoms with E-state index in [9.17, 15) is 9.90 Å². The van der Waals surface area contributed by atoms with Gasteiger partial charge in [0.15, 0.2) is 0 Å². The zero-order chi connectivity index (χ0) is 17.5. The number of nitrogens with one attached hydrogen (secondary N) is 1. The largest absolute Gasteiger partial charge is 0.497 e. The Kier molecular flexibility index (Phi) is 6.87. The minimum absolute atomic E-state index is 0.00142. The summed E-state index contributed by atoms with van der Waals surface area (Å²) in [7, 11) is 5.23. The molecule has 0 unspecified atom stereocenters. The third-order valence-corrected chi connectivity index (χ3v) is 4.56. The average Bonchev–Trinajstić information content (AvgIpc) is 2.61. The Morgan fingerprint density at radius 3 is 2.38 bits per heavy atom. The summed E-state index contributed by atoms with van der Waals surface area (Å²) in [6.07, 6.45) is 1.84. The van der Waals surface area contributed by atoms with Gasteiger partial charge in [0.1, 0.15) is 11.5 Å². The molecule has 2 N–H and O–H groups in total. The molecule has 0 saturated carbocycles. The second-order valence-electron chi connectivity index (χ2n) is 6.42. The van der Waals surface area contributed by atoms with Crippen LogP contribution in [-0.4, -0.2) is 56.8 Å². The number of methoxy groups -OCH3 is 2. The first kappa shape index (κ1) is 18.5. The van der Waals surface area contributed by atoms with Gasteiger partial charge in [0.05, 0.1) is 20.3 Å². The summed E-state index contributed by atoms with van der Waals surface area (Å²) in [5.74, 6) is 1.66. The number of rotatable bonds is 7. The number of piperidine rings is 1. The summed E-state index contributed by atoms with van der Waals surface area (Å²) in [4.78, 5) is 14.4. The SMILES string of the molecule is COc1cc(OC)cc([C@H](O)CNC(=O)CC2CCN(C)CC2)c1. The van der Waals surface area contributed by atoms with Gasteiger partial charge in [0, 0.05) is 19.0 Å². The van der Waals surface area contributed by atoms with Crippen LogP contribution in [0, 0.1) is 5.92 Å². The fraction of sp³-hybridized carbons (Fsp3) is 0.611. The Morgan fingerprint density at radius 2 is 1.83 bits per heavy atom. The highest BCUT2D eigenvalue weighted by atomic mass is 16.5.